The fourth-order valence-corrected chi connectivity index (χ4v) is 4.24. The molecule has 0 bridgehead atoms. The Balaban J connectivity index is 2.61. The molecule has 0 aliphatic carbocycles. The van der Waals surface area contributed by atoms with E-state index in [1.165, 1.54) is 0 Å². The minimum absolute atomic E-state index is 0.00696. The lowest BCUT2D eigenvalue weighted by Gasteiger charge is -2.33. The van der Waals surface area contributed by atoms with Crippen molar-refractivity contribution in [3.63, 3.8) is 0 Å². The zero-order valence-electron chi connectivity index (χ0n) is 18.3. The Bertz CT molecular complexity index is 941. The van der Waals surface area contributed by atoms with Crippen molar-refractivity contribution in [3.05, 3.63) is 71.8 Å². The van der Waals surface area contributed by atoms with Crippen molar-refractivity contribution in [2.45, 2.75) is 19.8 Å². The number of nitrogens with zero attached hydrogens (tertiary/aromatic N) is 1. The minimum atomic E-state index is -4.01. The number of benzene rings is 2. The van der Waals surface area contributed by atoms with Crippen LogP contribution >= 0.6 is 7.75 Å². The molecular formula is C23H27N2O6P. The van der Waals surface area contributed by atoms with Gasteiger partial charge >= 0.3 is 13.7 Å². The number of ether oxygens (including phenoxy) is 1. The third kappa shape index (κ3) is 6.27. The van der Waals surface area contributed by atoms with Gasteiger partial charge in [0, 0.05) is 14.2 Å². The van der Waals surface area contributed by atoms with Crippen LogP contribution in [0.1, 0.15) is 18.1 Å². The molecule has 2 aromatic carbocycles. The van der Waals surface area contributed by atoms with E-state index in [9.17, 15) is 19.4 Å². The molecule has 1 amide bonds. The van der Waals surface area contributed by atoms with Gasteiger partial charge in [0.05, 0.1) is 18.1 Å². The highest BCUT2D eigenvalue weighted by Crippen LogP contribution is 2.44. The second-order valence-corrected chi connectivity index (χ2v) is 9.07. The molecule has 0 heterocycles. The van der Waals surface area contributed by atoms with Crippen LogP contribution in [0.2, 0.25) is 0 Å². The first-order valence-corrected chi connectivity index (χ1v) is 11.6. The molecule has 0 aromatic heterocycles. The summed E-state index contributed by atoms with van der Waals surface area (Å²) in [7, 11) is -1.80. The molecule has 2 aromatic rings. The summed E-state index contributed by atoms with van der Waals surface area (Å²) in [6.07, 6.45) is 0.167. The topological polar surface area (TPSA) is 115 Å². The van der Waals surface area contributed by atoms with E-state index in [0.29, 0.717) is 0 Å². The van der Waals surface area contributed by atoms with Crippen molar-refractivity contribution in [3.8, 4) is 6.07 Å². The minimum Gasteiger partial charge on any atom is -0.465 e. The molecule has 170 valence electrons. The van der Waals surface area contributed by atoms with Gasteiger partial charge in [-0.1, -0.05) is 60.7 Å². The number of amides is 1. The monoisotopic (exact) mass is 458 g/mol. The molecule has 0 spiro atoms. The third-order valence-corrected chi connectivity index (χ3v) is 6.47. The summed E-state index contributed by atoms with van der Waals surface area (Å²) in [5.74, 6) is -3.45. The molecule has 0 saturated heterocycles. The van der Waals surface area contributed by atoms with Crippen LogP contribution in [0.5, 0.6) is 0 Å². The predicted molar refractivity (Wildman–Crippen MR) is 118 cm³/mol. The van der Waals surface area contributed by atoms with E-state index in [1.807, 2.05) is 60.7 Å². The van der Waals surface area contributed by atoms with Crippen LogP contribution in [-0.2, 0) is 40.8 Å². The summed E-state index contributed by atoms with van der Waals surface area (Å²) in [5, 5.41) is 12.5. The van der Waals surface area contributed by atoms with Crippen LogP contribution in [0.4, 0.5) is 0 Å². The average Bonchev–Trinajstić information content (AvgIpc) is 2.80. The summed E-state index contributed by atoms with van der Waals surface area (Å²) in [4.78, 5) is 26.3. The van der Waals surface area contributed by atoms with Gasteiger partial charge < -0.3 is 4.74 Å². The second-order valence-electron chi connectivity index (χ2n) is 7.12. The molecular weight excluding hydrogens is 431 g/mol. The lowest BCUT2D eigenvalue weighted by atomic mass is 9.68. The maximum absolute atomic E-state index is 13.3. The first kappa shape index (κ1) is 25.3. The normalized spacial score (nSPS) is 12.4. The van der Waals surface area contributed by atoms with Gasteiger partial charge in [0.15, 0.2) is 5.92 Å². The predicted octanol–water partition coefficient (Wildman–Crippen LogP) is 3.68. The Labute approximate surface area is 188 Å². The van der Waals surface area contributed by atoms with Crippen molar-refractivity contribution in [2.24, 2.45) is 11.3 Å². The van der Waals surface area contributed by atoms with E-state index in [-0.39, 0.29) is 19.4 Å². The number of nitrogens with one attached hydrogen (secondary N) is 1. The van der Waals surface area contributed by atoms with Crippen LogP contribution in [0, 0.1) is 22.7 Å². The van der Waals surface area contributed by atoms with Gasteiger partial charge in [-0.3, -0.25) is 23.7 Å². The Morgan fingerprint density at radius 1 is 1.00 bits per heavy atom. The van der Waals surface area contributed by atoms with Crippen LogP contribution in [0.3, 0.4) is 0 Å². The molecule has 0 saturated carbocycles. The molecule has 2 rings (SSSR count). The van der Waals surface area contributed by atoms with Gasteiger partial charge in [-0.05, 0) is 30.9 Å². The van der Waals surface area contributed by atoms with E-state index >= 15 is 0 Å². The first-order chi connectivity index (χ1) is 15.3. The molecule has 9 heteroatoms. The summed E-state index contributed by atoms with van der Waals surface area (Å²) in [6.45, 7) is 1.61. The Morgan fingerprint density at radius 3 is 1.84 bits per heavy atom. The van der Waals surface area contributed by atoms with Crippen molar-refractivity contribution < 1.29 is 27.9 Å². The first-order valence-electron chi connectivity index (χ1n) is 10.0. The number of esters is 1. The van der Waals surface area contributed by atoms with Crippen molar-refractivity contribution in [1.82, 2.24) is 5.09 Å². The fourth-order valence-electron chi connectivity index (χ4n) is 3.50. The van der Waals surface area contributed by atoms with Crippen molar-refractivity contribution in [2.75, 3.05) is 20.8 Å². The van der Waals surface area contributed by atoms with Crippen LogP contribution in [0.25, 0.3) is 0 Å². The number of rotatable bonds is 11. The lowest BCUT2D eigenvalue weighted by Crippen LogP contribution is -2.48. The van der Waals surface area contributed by atoms with Crippen molar-refractivity contribution >= 4 is 19.6 Å². The van der Waals surface area contributed by atoms with Crippen molar-refractivity contribution in [1.29, 1.82) is 5.26 Å². The molecule has 32 heavy (non-hydrogen) atoms. The van der Waals surface area contributed by atoms with Gasteiger partial charge in [-0.25, -0.2) is 4.57 Å². The van der Waals surface area contributed by atoms with Crippen LogP contribution < -0.4 is 5.09 Å². The number of carbonyl (C=O) groups is 2. The zero-order chi connectivity index (χ0) is 23.6. The number of hydrogen-bond donors (Lipinski definition) is 1. The Morgan fingerprint density at radius 2 is 1.47 bits per heavy atom. The van der Waals surface area contributed by atoms with Gasteiger partial charge in [0.1, 0.15) is 0 Å². The molecule has 8 nitrogen and oxygen atoms in total. The van der Waals surface area contributed by atoms with Crippen LogP contribution in [0.15, 0.2) is 60.7 Å². The van der Waals surface area contributed by atoms with Gasteiger partial charge in [0.25, 0.3) is 0 Å². The summed E-state index contributed by atoms with van der Waals surface area (Å²) >= 11 is 0. The molecule has 0 aliphatic heterocycles. The highest BCUT2D eigenvalue weighted by Gasteiger charge is 2.50. The zero-order valence-corrected chi connectivity index (χ0v) is 19.2. The second kappa shape index (κ2) is 11.6. The highest BCUT2D eigenvalue weighted by atomic mass is 31.2. The fraction of sp³-hybridized carbons (Fsp3) is 0.348. The Kier molecular flexibility index (Phi) is 9.15. The smallest absolute Gasteiger partial charge is 0.434 e. The highest BCUT2D eigenvalue weighted by molar-refractivity contribution is 7.52. The van der Waals surface area contributed by atoms with Gasteiger partial charge in [-0.15, -0.1) is 0 Å². The quantitative estimate of drug-likeness (QED) is 0.310. The molecule has 0 radical (unpaired) electrons. The molecule has 0 aliphatic rings. The SMILES string of the molecule is CCOC(=O)C(C(=O)NP(=O)(OC)OC)C(C#N)(Cc1ccccc1)Cc1ccccc1. The largest absolute Gasteiger partial charge is 0.465 e. The van der Waals surface area contributed by atoms with E-state index in [2.05, 4.69) is 11.2 Å². The summed E-state index contributed by atoms with van der Waals surface area (Å²) < 4.78 is 27.3. The molecule has 1 atom stereocenters. The van der Waals surface area contributed by atoms with Gasteiger partial charge in [-0.2, -0.15) is 5.26 Å². The lowest BCUT2D eigenvalue weighted by molar-refractivity contribution is -0.156. The summed E-state index contributed by atoms with van der Waals surface area (Å²) in [5.41, 5.74) is -0.0202. The maximum Gasteiger partial charge on any atom is 0.434 e. The molecule has 0 fully saturated rings. The maximum atomic E-state index is 13.3. The average molecular weight is 458 g/mol. The molecule has 1 unspecified atom stereocenters. The summed E-state index contributed by atoms with van der Waals surface area (Å²) in [6, 6.07) is 20.4. The molecule has 1 N–H and O–H groups in total. The van der Waals surface area contributed by atoms with E-state index in [0.717, 1.165) is 25.3 Å². The standard InChI is InChI=1S/C23H27N2O6P/c1-4-31-22(27)20(21(26)25-32(28,29-2)30-3)23(17-24,15-18-11-7-5-8-12-18)16-19-13-9-6-10-14-19/h5-14,20H,4,15-16H2,1-3H3,(H,25,26,28). The van der Waals surface area contributed by atoms with E-state index in [1.54, 1.807) is 6.92 Å². The third-order valence-electron chi connectivity index (χ3n) is 5.01. The number of hydrogen-bond acceptors (Lipinski definition) is 7. The van der Waals surface area contributed by atoms with E-state index < -0.39 is 31.0 Å². The van der Waals surface area contributed by atoms with Gasteiger partial charge in [0.2, 0.25) is 5.91 Å². The Hall–Kier alpha value is -2.98. The number of carbonyl (C=O) groups excluding carboxylic acids is 2. The van der Waals surface area contributed by atoms with E-state index in [4.69, 9.17) is 13.8 Å². The van der Waals surface area contributed by atoms with Crippen LogP contribution in [-0.4, -0.2) is 32.7 Å². The number of nitriles is 1.